The molecule has 2 rings (SSSR count). The van der Waals surface area contributed by atoms with Crippen LogP contribution in [0, 0.1) is 5.92 Å². The van der Waals surface area contributed by atoms with Gasteiger partial charge in [0.05, 0.1) is 0 Å². The fourth-order valence-electron chi connectivity index (χ4n) is 2.25. The van der Waals surface area contributed by atoms with Gasteiger partial charge >= 0.3 is 121 Å². The Balaban J connectivity index is 2.21. The van der Waals surface area contributed by atoms with Gasteiger partial charge < -0.3 is 0 Å². The van der Waals surface area contributed by atoms with Crippen molar-refractivity contribution >= 4 is 17.3 Å². The second-order valence-corrected chi connectivity index (χ2v) is 8.65. The van der Waals surface area contributed by atoms with Gasteiger partial charge in [0.25, 0.3) is 0 Å². The quantitative estimate of drug-likeness (QED) is 0.698. The summed E-state index contributed by atoms with van der Waals surface area (Å²) in [4.78, 5) is 0. The first-order valence-electron chi connectivity index (χ1n) is 6.13. The van der Waals surface area contributed by atoms with E-state index in [2.05, 4.69) is 55.2 Å². The molecule has 17 heavy (non-hydrogen) atoms. The van der Waals surface area contributed by atoms with Crippen LogP contribution in [-0.4, -0.2) is 17.3 Å². The molecule has 86 valence electrons. The Morgan fingerprint density at radius 1 is 1.24 bits per heavy atom. The van der Waals surface area contributed by atoms with E-state index in [1.165, 1.54) is 0 Å². The van der Waals surface area contributed by atoms with Crippen LogP contribution in [0.2, 0.25) is 13.1 Å². The van der Waals surface area contributed by atoms with Crippen LogP contribution in [0.25, 0.3) is 0 Å². The van der Waals surface area contributed by atoms with Crippen molar-refractivity contribution in [3.8, 4) is 0 Å². The molecule has 0 saturated carbocycles. The predicted octanol–water partition coefficient (Wildman–Crippen LogP) is 3.23. The molecule has 0 spiro atoms. The van der Waals surface area contributed by atoms with Crippen molar-refractivity contribution < 1.29 is 24.2 Å². The molecule has 0 aromatic carbocycles. The van der Waals surface area contributed by atoms with Gasteiger partial charge in [0.15, 0.2) is 0 Å². The maximum atomic E-state index is 2.60. The Labute approximate surface area is 120 Å². The molecule has 0 bridgehead atoms. The van der Waals surface area contributed by atoms with Crippen LogP contribution in [-0.2, 0) is 24.2 Å². The topological polar surface area (TPSA) is 0 Å². The number of rotatable bonds is 4. The van der Waals surface area contributed by atoms with E-state index < -0.39 is 0 Å². The van der Waals surface area contributed by atoms with Crippen molar-refractivity contribution in [1.82, 2.24) is 0 Å². The standard InChI is InChI=1S/C15H18Si.Zr/c1-16(2)12-15(14-9-5-6-10-14)11-13-7-3-4-8-13;/h3-7,9,12,15H,8,10H2,1-2H3;. The fraction of sp³-hybridized carbons (Fsp3) is 0.333. The third kappa shape index (κ3) is 3.39. The zero-order valence-corrected chi connectivity index (χ0v) is 14.0. The number of allylic oxidation sites excluding steroid dienone is 8. The number of hydrogen-bond donors (Lipinski definition) is 0. The van der Waals surface area contributed by atoms with Crippen molar-refractivity contribution in [2.24, 2.45) is 5.92 Å². The first-order valence-corrected chi connectivity index (χ1v) is 9.94. The zero-order valence-electron chi connectivity index (χ0n) is 10.5. The maximum absolute atomic E-state index is 2.60. The first-order chi connectivity index (χ1) is 8.18. The number of hydrogen-bond acceptors (Lipinski definition) is 0. The predicted molar refractivity (Wildman–Crippen MR) is 75.7 cm³/mol. The van der Waals surface area contributed by atoms with Gasteiger partial charge in [-0.25, -0.2) is 0 Å². The van der Waals surface area contributed by atoms with Crippen molar-refractivity contribution in [2.75, 3.05) is 0 Å². The van der Waals surface area contributed by atoms with Gasteiger partial charge in [-0.1, -0.05) is 0 Å². The molecule has 0 fully saturated rings. The Bertz CT molecular complexity index is 471. The summed E-state index contributed by atoms with van der Waals surface area (Å²) in [5.74, 6) is 0.609. The Hall–Kier alpha value is -0.200. The van der Waals surface area contributed by atoms with E-state index >= 15 is 0 Å². The summed E-state index contributed by atoms with van der Waals surface area (Å²) in [6.07, 6.45) is 15.8. The minimum absolute atomic E-state index is 0.291. The van der Waals surface area contributed by atoms with Gasteiger partial charge in [0.1, 0.15) is 0 Å². The van der Waals surface area contributed by atoms with Crippen molar-refractivity contribution in [3.63, 3.8) is 0 Å². The molecule has 1 unspecified atom stereocenters. The third-order valence-electron chi connectivity index (χ3n) is 3.13. The monoisotopic (exact) mass is 316 g/mol. The van der Waals surface area contributed by atoms with Gasteiger partial charge in [-0.3, -0.25) is 0 Å². The molecule has 0 aliphatic heterocycles. The zero-order chi connectivity index (χ0) is 12.3. The molecular formula is C15H18SiZr. The molecule has 0 nitrogen and oxygen atoms in total. The molecule has 0 aromatic heterocycles. The molecule has 2 heteroatoms. The van der Waals surface area contributed by atoms with Crippen molar-refractivity contribution in [3.05, 3.63) is 47.6 Å². The Morgan fingerprint density at radius 2 is 1.94 bits per heavy atom. The van der Waals surface area contributed by atoms with Gasteiger partial charge in [-0.2, -0.15) is 0 Å². The molecule has 0 saturated heterocycles. The molecular weight excluding hydrogens is 299 g/mol. The van der Waals surface area contributed by atoms with Crippen LogP contribution in [0.5, 0.6) is 0 Å². The van der Waals surface area contributed by atoms with E-state index in [0.29, 0.717) is 5.92 Å². The van der Waals surface area contributed by atoms with Gasteiger partial charge in [0, 0.05) is 0 Å². The van der Waals surface area contributed by atoms with E-state index in [1.54, 1.807) is 38.6 Å². The van der Waals surface area contributed by atoms with Crippen molar-refractivity contribution in [1.29, 1.82) is 0 Å². The average Bonchev–Trinajstić information content (AvgIpc) is 2.96. The van der Waals surface area contributed by atoms with E-state index in [1.807, 2.05) is 0 Å². The van der Waals surface area contributed by atoms with Crippen LogP contribution in [0.1, 0.15) is 12.8 Å². The van der Waals surface area contributed by atoms with E-state index in [4.69, 9.17) is 0 Å². The summed E-state index contributed by atoms with van der Waals surface area (Å²) in [7, 11) is -0.291. The van der Waals surface area contributed by atoms with Gasteiger partial charge in [-0.15, -0.1) is 0 Å². The van der Waals surface area contributed by atoms with Crippen LogP contribution in [0.15, 0.2) is 47.6 Å². The van der Waals surface area contributed by atoms with Crippen LogP contribution < -0.4 is 0 Å². The molecule has 2 aliphatic rings. The normalized spacial score (nSPS) is 18.9. The average molecular weight is 318 g/mol. The SMILES string of the molecule is C[Si](C)=CC([C](=[Zr])C1=CC=CC1)C1=CC=CC1. The van der Waals surface area contributed by atoms with E-state index in [0.717, 1.165) is 12.8 Å². The molecule has 0 amide bonds. The third-order valence-corrected chi connectivity index (χ3v) is 5.68. The summed E-state index contributed by atoms with van der Waals surface area (Å²) in [5, 5.41) is 0. The molecule has 2 aliphatic carbocycles. The summed E-state index contributed by atoms with van der Waals surface area (Å²) >= 11 is 1.58. The molecule has 1 atom stereocenters. The fourth-order valence-corrected chi connectivity index (χ4v) is 4.82. The molecule has 0 aromatic rings. The van der Waals surface area contributed by atoms with Gasteiger partial charge in [-0.05, 0) is 0 Å². The van der Waals surface area contributed by atoms with Crippen molar-refractivity contribution in [2.45, 2.75) is 25.9 Å². The molecule has 0 radical (unpaired) electrons. The second kappa shape index (κ2) is 6.11. The summed E-state index contributed by atoms with van der Waals surface area (Å²) in [6.45, 7) is 4.76. The minimum atomic E-state index is -0.291. The summed E-state index contributed by atoms with van der Waals surface area (Å²) < 4.78 is 1.64. The Morgan fingerprint density at radius 3 is 2.47 bits per heavy atom. The Kier molecular flexibility index (Phi) is 4.76. The van der Waals surface area contributed by atoms with Crippen LogP contribution >= 0.6 is 0 Å². The van der Waals surface area contributed by atoms with E-state index in [-0.39, 0.29) is 8.41 Å². The van der Waals surface area contributed by atoms with Gasteiger partial charge in [0.2, 0.25) is 0 Å². The molecule has 0 heterocycles. The molecule has 0 N–H and O–H groups in total. The summed E-state index contributed by atoms with van der Waals surface area (Å²) in [6, 6.07) is 0. The summed E-state index contributed by atoms with van der Waals surface area (Å²) in [5.41, 5.74) is 5.75. The van der Waals surface area contributed by atoms with Crippen LogP contribution in [0.4, 0.5) is 0 Å². The second-order valence-electron chi connectivity index (χ2n) is 4.83. The van der Waals surface area contributed by atoms with E-state index in [9.17, 15) is 0 Å². The van der Waals surface area contributed by atoms with Crippen LogP contribution in [0.3, 0.4) is 0 Å². The first kappa shape index (κ1) is 13.2.